The third-order valence-electron chi connectivity index (χ3n) is 4.24. The zero-order valence-corrected chi connectivity index (χ0v) is 15.1. The molecule has 0 radical (unpaired) electrons. The summed E-state index contributed by atoms with van der Waals surface area (Å²) in [5, 5.41) is -0.590. The zero-order chi connectivity index (χ0) is 17.0. The summed E-state index contributed by atoms with van der Waals surface area (Å²) in [6, 6.07) is 0. The van der Waals surface area contributed by atoms with Gasteiger partial charge in [-0.05, 0) is 18.9 Å². The lowest BCUT2D eigenvalue weighted by Crippen LogP contribution is -2.51. The highest BCUT2D eigenvalue weighted by atomic mass is 35.5. The maximum atomic E-state index is 12.2. The van der Waals surface area contributed by atoms with Gasteiger partial charge in [-0.1, -0.05) is 6.58 Å². The standard InChI is InChI=1S/C15H21Cl3N2O3/c1-2-14(21)19-3-5-20(6-4-19)15(22)9-23-13-8-11(17)10(16)7-12(13)18/h2,10-13H,1,3-9H2. The second-order valence-corrected chi connectivity index (χ2v) is 7.46. The van der Waals surface area contributed by atoms with Crippen molar-refractivity contribution in [3.8, 4) is 0 Å². The number of amides is 2. The van der Waals surface area contributed by atoms with Crippen LogP contribution in [-0.4, -0.2) is 76.6 Å². The fourth-order valence-corrected chi connectivity index (χ4v) is 3.81. The molecule has 8 heteroatoms. The Balaban J connectivity index is 1.75. The quantitative estimate of drug-likeness (QED) is 0.550. The maximum absolute atomic E-state index is 12.2. The van der Waals surface area contributed by atoms with Gasteiger partial charge in [-0.15, -0.1) is 34.8 Å². The lowest BCUT2D eigenvalue weighted by molar-refractivity contribution is -0.142. The molecule has 0 bridgehead atoms. The monoisotopic (exact) mass is 382 g/mol. The molecule has 5 nitrogen and oxygen atoms in total. The molecule has 0 N–H and O–H groups in total. The van der Waals surface area contributed by atoms with Gasteiger partial charge in [0.25, 0.3) is 0 Å². The average Bonchev–Trinajstić information content (AvgIpc) is 2.56. The molecule has 0 aromatic carbocycles. The number of alkyl halides is 3. The molecule has 23 heavy (non-hydrogen) atoms. The van der Waals surface area contributed by atoms with E-state index in [-0.39, 0.29) is 40.7 Å². The molecule has 4 unspecified atom stereocenters. The summed E-state index contributed by atoms with van der Waals surface area (Å²) < 4.78 is 5.66. The molecule has 1 heterocycles. The maximum Gasteiger partial charge on any atom is 0.248 e. The molecule has 4 atom stereocenters. The first-order valence-electron chi connectivity index (χ1n) is 7.65. The number of rotatable bonds is 4. The Morgan fingerprint density at radius 2 is 1.57 bits per heavy atom. The van der Waals surface area contributed by atoms with E-state index in [1.54, 1.807) is 9.80 Å². The number of ether oxygens (including phenoxy) is 1. The van der Waals surface area contributed by atoms with Crippen molar-refractivity contribution in [3.05, 3.63) is 12.7 Å². The molecular formula is C15H21Cl3N2O3. The Morgan fingerprint density at radius 1 is 1.00 bits per heavy atom. The predicted molar refractivity (Wildman–Crippen MR) is 91.3 cm³/mol. The first-order chi connectivity index (χ1) is 10.9. The van der Waals surface area contributed by atoms with Gasteiger partial charge in [0.15, 0.2) is 0 Å². The topological polar surface area (TPSA) is 49.9 Å². The van der Waals surface area contributed by atoms with Crippen LogP contribution in [0.25, 0.3) is 0 Å². The van der Waals surface area contributed by atoms with E-state index >= 15 is 0 Å². The fraction of sp³-hybridized carbons (Fsp3) is 0.733. The van der Waals surface area contributed by atoms with Gasteiger partial charge in [0.1, 0.15) is 6.61 Å². The van der Waals surface area contributed by atoms with Gasteiger partial charge in [-0.3, -0.25) is 9.59 Å². The summed E-state index contributed by atoms with van der Waals surface area (Å²) in [5.41, 5.74) is 0. The molecular weight excluding hydrogens is 363 g/mol. The molecule has 0 spiro atoms. The first-order valence-corrected chi connectivity index (χ1v) is 8.96. The van der Waals surface area contributed by atoms with Crippen LogP contribution < -0.4 is 0 Å². The number of carbonyl (C=O) groups is 2. The van der Waals surface area contributed by atoms with Crippen molar-refractivity contribution in [3.63, 3.8) is 0 Å². The molecule has 1 saturated carbocycles. The molecule has 1 aliphatic carbocycles. The average molecular weight is 384 g/mol. The van der Waals surface area contributed by atoms with E-state index in [9.17, 15) is 9.59 Å². The minimum absolute atomic E-state index is 0.0279. The third-order valence-corrected chi connectivity index (χ3v) is 5.80. The Hall–Kier alpha value is -0.490. The van der Waals surface area contributed by atoms with Crippen LogP contribution in [0.3, 0.4) is 0 Å². The van der Waals surface area contributed by atoms with Gasteiger partial charge in [-0.2, -0.15) is 0 Å². The molecule has 1 aliphatic heterocycles. The number of piperazine rings is 1. The Bertz CT molecular complexity index is 455. The summed E-state index contributed by atoms with van der Waals surface area (Å²) in [6.07, 6.45) is 2.13. The SMILES string of the molecule is C=CC(=O)N1CCN(C(=O)COC2CC(Cl)C(Cl)CC2Cl)CC1. The largest absolute Gasteiger partial charge is 0.367 e. The van der Waals surface area contributed by atoms with Crippen molar-refractivity contribution in [1.29, 1.82) is 0 Å². The molecule has 0 aromatic rings. The number of hydrogen-bond acceptors (Lipinski definition) is 3. The molecule has 2 fully saturated rings. The minimum atomic E-state index is -0.262. The van der Waals surface area contributed by atoms with Crippen LogP contribution >= 0.6 is 34.8 Å². The lowest BCUT2D eigenvalue weighted by atomic mass is 9.96. The van der Waals surface area contributed by atoms with E-state index in [1.165, 1.54) is 6.08 Å². The smallest absolute Gasteiger partial charge is 0.248 e. The van der Waals surface area contributed by atoms with E-state index in [1.807, 2.05) is 0 Å². The Kier molecular flexibility index (Phi) is 7.01. The number of carbonyl (C=O) groups excluding carboxylic acids is 2. The van der Waals surface area contributed by atoms with Crippen LogP contribution in [0.5, 0.6) is 0 Å². The molecule has 130 valence electrons. The molecule has 2 amide bonds. The summed E-state index contributed by atoms with van der Waals surface area (Å²) in [5.74, 6) is -0.206. The van der Waals surface area contributed by atoms with Crippen molar-refractivity contribution in [2.24, 2.45) is 0 Å². The molecule has 1 saturated heterocycles. The fourth-order valence-electron chi connectivity index (χ4n) is 2.78. The van der Waals surface area contributed by atoms with Crippen LogP contribution in [-0.2, 0) is 14.3 Å². The van der Waals surface area contributed by atoms with Crippen LogP contribution in [0, 0.1) is 0 Å². The van der Waals surface area contributed by atoms with Crippen LogP contribution in [0.4, 0.5) is 0 Å². The van der Waals surface area contributed by atoms with Gasteiger partial charge in [0, 0.05) is 26.2 Å². The lowest BCUT2D eigenvalue weighted by Gasteiger charge is -2.36. The third kappa shape index (κ3) is 4.99. The highest BCUT2D eigenvalue weighted by Gasteiger charge is 2.35. The Labute approximate surface area is 151 Å². The van der Waals surface area contributed by atoms with Gasteiger partial charge in [-0.25, -0.2) is 0 Å². The van der Waals surface area contributed by atoms with Gasteiger partial charge in [0.05, 0.1) is 22.2 Å². The van der Waals surface area contributed by atoms with Crippen molar-refractivity contribution >= 4 is 46.6 Å². The van der Waals surface area contributed by atoms with Crippen LogP contribution in [0.1, 0.15) is 12.8 Å². The van der Waals surface area contributed by atoms with E-state index in [4.69, 9.17) is 39.5 Å². The number of nitrogens with zero attached hydrogens (tertiary/aromatic N) is 2. The summed E-state index contributed by atoms with van der Waals surface area (Å²) in [6.45, 7) is 5.45. The zero-order valence-electron chi connectivity index (χ0n) is 12.8. The van der Waals surface area contributed by atoms with Gasteiger partial charge < -0.3 is 14.5 Å². The highest BCUT2D eigenvalue weighted by Crippen LogP contribution is 2.32. The van der Waals surface area contributed by atoms with Gasteiger partial charge in [0.2, 0.25) is 11.8 Å². The molecule has 0 aromatic heterocycles. The highest BCUT2D eigenvalue weighted by molar-refractivity contribution is 6.31. The first kappa shape index (κ1) is 18.8. The minimum Gasteiger partial charge on any atom is -0.367 e. The van der Waals surface area contributed by atoms with Crippen LogP contribution in [0.15, 0.2) is 12.7 Å². The Morgan fingerprint density at radius 3 is 2.17 bits per heavy atom. The second kappa shape index (κ2) is 8.56. The van der Waals surface area contributed by atoms with E-state index in [2.05, 4.69) is 6.58 Å². The van der Waals surface area contributed by atoms with Crippen LogP contribution in [0.2, 0.25) is 0 Å². The summed E-state index contributed by atoms with van der Waals surface area (Å²) >= 11 is 18.5. The second-order valence-electron chi connectivity index (χ2n) is 5.78. The molecule has 2 aliphatic rings. The summed E-state index contributed by atoms with van der Waals surface area (Å²) in [4.78, 5) is 27.1. The normalized spacial score (nSPS) is 31.8. The van der Waals surface area contributed by atoms with Crippen molar-refractivity contribution in [2.45, 2.75) is 35.1 Å². The van der Waals surface area contributed by atoms with Crippen molar-refractivity contribution in [2.75, 3.05) is 32.8 Å². The van der Waals surface area contributed by atoms with Gasteiger partial charge >= 0.3 is 0 Å². The number of hydrogen-bond donors (Lipinski definition) is 0. The van der Waals surface area contributed by atoms with E-state index in [0.717, 1.165) is 0 Å². The van der Waals surface area contributed by atoms with E-state index < -0.39 is 0 Å². The van der Waals surface area contributed by atoms with E-state index in [0.29, 0.717) is 39.0 Å². The molecule has 2 rings (SSSR count). The van der Waals surface area contributed by atoms with Crippen molar-refractivity contribution in [1.82, 2.24) is 9.80 Å². The summed E-state index contributed by atoms with van der Waals surface area (Å²) in [7, 11) is 0. The van der Waals surface area contributed by atoms with Crippen molar-refractivity contribution < 1.29 is 14.3 Å². The predicted octanol–water partition coefficient (Wildman–Crippen LogP) is 1.84. The number of halogens is 3.